The zero-order chi connectivity index (χ0) is 14.0. The van der Waals surface area contributed by atoms with Gasteiger partial charge in [0.2, 0.25) is 0 Å². The molecule has 2 aromatic rings. The van der Waals surface area contributed by atoms with Crippen LogP contribution < -0.4 is 5.56 Å². The molecule has 4 heteroatoms. The van der Waals surface area contributed by atoms with E-state index in [9.17, 15) is 4.79 Å². The van der Waals surface area contributed by atoms with E-state index in [-0.39, 0.29) is 11.5 Å². The van der Waals surface area contributed by atoms with Gasteiger partial charge in [0.1, 0.15) is 5.82 Å². The minimum Gasteiger partial charge on any atom is -0.310 e. The van der Waals surface area contributed by atoms with E-state index in [1.54, 1.807) is 0 Å². The molecule has 0 unspecified atom stereocenters. The summed E-state index contributed by atoms with van der Waals surface area (Å²) in [6.07, 6.45) is 0.603. The Balaban J connectivity index is 2.32. The van der Waals surface area contributed by atoms with Gasteiger partial charge in [-0.05, 0) is 30.5 Å². The van der Waals surface area contributed by atoms with Gasteiger partial charge in [0, 0.05) is 22.7 Å². The summed E-state index contributed by atoms with van der Waals surface area (Å²) >= 11 is 5.85. The first-order valence-corrected chi connectivity index (χ1v) is 6.69. The first-order chi connectivity index (χ1) is 8.97. The van der Waals surface area contributed by atoms with Crippen LogP contribution in [-0.4, -0.2) is 9.97 Å². The van der Waals surface area contributed by atoms with E-state index >= 15 is 0 Å². The van der Waals surface area contributed by atoms with E-state index in [0.717, 1.165) is 16.8 Å². The summed E-state index contributed by atoms with van der Waals surface area (Å²) in [5.74, 6) is 0.870. The average molecular weight is 277 g/mol. The van der Waals surface area contributed by atoms with Crippen molar-refractivity contribution in [3.8, 4) is 0 Å². The van der Waals surface area contributed by atoms with Crippen LogP contribution in [0.3, 0.4) is 0 Å². The number of rotatable bonds is 3. The number of aromatic nitrogens is 2. The minimum absolute atomic E-state index is 0.0357. The molecule has 0 fully saturated rings. The Labute approximate surface area is 117 Å². The van der Waals surface area contributed by atoms with Gasteiger partial charge in [0.05, 0.1) is 0 Å². The summed E-state index contributed by atoms with van der Waals surface area (Å²) in [5.41, 5.74) is 2.61. The summed E-state index contributed by atoms with van der Waals surface area (Å²) in [7, 11) is 0. The standard InChI is InChI=1S/C15H17ClN2O/c1-9(2)14-10(3)17-13(18-15(14)19)8-11-4-6-12(16)7-5-11/h4-7,9H,8H2,1-3H3,(H,17,18,19). The van der Waals surface area contributed by atoms with Gasteiger partial charge in [-0.25, -0.2) is 4.98 Å². The highest BCUT2D eigenvalue weighted by atomic mass is 35.5. The number of hydrogen-bond donors (Lipinski definition) is 1. The Morgan fingerprint density at radius 3 is 2.42 bits per heavy atom. The maximum atomic E-state index is 12.0. The molecule has 100 valence electrons. The molecule has 3 nitrogen and oxygen atoms in total. The Bertz CT molecular complexity index is 630. The van der Waals surface area contributed by atoms with Crippen molar-refractivity contribution >= 4 is 11.6 Å². The molecule has 0 saturated heterocycles. The summed E-state index contributed by atoms with van der Waals surface area (Å²) in [4.78, 5) is 19.4. The summed E-state index contributed by atoms with van der Waals surface area (Å²) in [6.45, 7) is 5.88. The van der Waals surface area contributed by atoms with Gasteiger partial charge >= 0.3 is 0 Å². The highest BCUT2D eigenvalue weighted by Gasteiger charge is 2.11. The largest absolute Gasteiger partial charge is 0.310 e. The minimum atomic E-state index is -0.0357. The molecule has 1 aromatic carbocycles. The number of nitrogens with one attached hydrogen (secondary N) is 1. The van der Waals surface area contributed by atoms with Gasteiger partial charge in [-0.1, -0.05) is 37.6 Å². The first kappa shape index (κ1) is 13.8. The molecule has 1 heterocycles. The topological polar surface area (TPSA) is 45.8 Å². The molecular formula is C15H17ClN2O. The number of aromatic amines is 1. The SMILES string of the molecule is Cc1nc(Cc2ccc(Cl)cc2)[nH]c(=O)c1C(C)C. The lowest BCUT2D eigenvalue weighted by Gasteiger charge is -2.09. The lowest BCUT2D eigenvalue weighted by atomic mass is 10.0. The van der Waals surface area contributed by atoms with Crippen molar-refractivity contribution in [1.29, 1.82) is 0 Å². The molecule has 0 aliphatic rings. The van der Waals surface area contributed by atoms with E-state index in [1.807, 2.05) is 45.0 Å². The fourth-order valence-corrected chi connectivity index (χ4v) is 2.34. The molecule has 0 saturated carbocycles. The quantitative estimate of drug-likeness (QED) is 0.933. The van der Waals surface area contributed by atoms with Crippen LogP contribution in [0, 0.1) is 6.92 Å². The van der Waals surface area contributed by atoms with Crippen LogP contribution in [0.5, 0.6) is 0 Å². The lowest BCUT2D eigenvalue weighted by molar-refractivity contribution is 0.791. The zero-order valence-corrected chi connectivity index (χ0v) is 12.1. The molecule has 2 rings (SSSR count). The Morgan fingerprint density at radius 2 is 1.89 bits per heavy atom. The molecule has 19 heavy (non-hydrogen) atoms. The summed E-state index contributed by atoms with van der Waals surface area (Å²) in [5, 5.41) is 0.705. The molecule has 0 radical (unpaired) electrons. The van der Waals surface area contributed by atoms with E-state index in [2.05, 4.69) is 9.97 Å². The molecule has 0 amide bonds. The Hall–Kier alpha value is -1.61. The summed E-state index contributed by atoms with van der Waals surface area (Å²) in [6, 6.07) is 7.55. The third-order valence-corrected chi connectivity index (χ3v) is 3.31. The number of aryl methyl sites for hydroxylation is 1. The van der Waals surface area contributed by atoms with Crippen LogP contribution in [0.4, 0.5) is 0 Å². The molecule has 0 atom stereocenters. The normalized spacial score (nSPS) is 11.0. The average Bonchev–Trinajstić information content (AvgIpc) is 2.30. The smallest absolute Gasteiger partial charge is 0.254 e. The number of nitrogens with zero attached hydrogens (tertiary/aromatic N) is 1. The van der Waals surface area contributed by atoms with E-state index in [1.165, 1.54) is 0 Å². The maximum absolute atomic E-state index is 12.0. The predicted molar refractivity (Wildman–Crippen MR) is 77.9 cm³/mol. The van der Waals surface area contributed by atoms with E-state index in [0.29, 0.717) is 17.3 Å². The van der Waals surface area contributed by atoms with Gasteiger partial charge < -0.3 is 4.98 Å². The molecule has 0 bridgehead atoms. The monoisotopic (exact) mass is 276 g/mol. The van der Waals surface area contributed by atoms with Crippen LogP contribution >= 0.6 is 11.6 Å². The second-order valence-corrected chi connectivity index (χ2v) is 5.41. The fraction of sp³-hybridized carbons (Fsp3) is 0.333. The van der Waals surface area contributed by atoms with Crippen molar-refractivity contribution in [1.82, 2.24) is 9.97 Å². The third kappa shape index (κ3) is 3.24. The van der Waals surface area contributed by atoms with E-state index < -0.39 is 0 Å². The lowest BCUT2D eigenvalue weighted by Crippen LogP contribution is -2.20. The highest BCUT2D eigenvalue weighted by molar-refractivity contribution is 6.30. The van der Waals surface area contributed by atoms with Crippen molar-refractivity contribution in [2.45, 2.75) is 33.1 Å². The Morgan fingerprint density at radius 1 is 1.26 bits per heavy atom. The van der Waals surface area contributed by atoms with Crippen molar-refractivity contribution < 1.29 is 0 Å². The van der Waals surface area contributed by atoms with Gasteiger partial charge in [0.25, 0.3) is 5.56 Å². The van der Waals surface area contributed by atoms with Gasteiger partial charge in [0.15, 0.2) is 0 Å². The van der Waals surface area contributed by atoms with Crippen LogP contribution in [-0.2, 0) is 6.42 Å². The van der Waals surface area contributed by atoms with Gasteiger partial charge in [-0.15, -0.1) is 0 Å². The molecule has 0 aliphatic carbocycles. The van der Waals surface area contributed by atoms with E-state index in [4.69, 9.17) is 11.6 Å². The van der Waals surface area contributed by atoms with Crippen molar-refractivity contribution in [3.63, 3.8) is 0 Å². The first-order valence-electron chi connectivity index (χ1n) is 6.31. The molecule has 0 spiro atoms. The number of benzene rings is 1. The molecule has 1 N–H and O–H groups in total. The van der Waals surface area contributed by atoms with Crippen LogP contribution in [0.25, 0.3) is 0 Å². The second kappa shape index (κ2) is 5.57. The fourth-order valence-electron chi connectivity index (χ4n) is 2.21. The van der Waals surface area contributed by atoms with Crippen molar-refractivity contribution in [3.05, 3.63) is 62.3 Å². The molecule has 1 aromatic heterocycles. The summed E-state index contributed by atoms with van der Waals surface area (Å²) < 4.78 is 0. The Kier molecular flexibility index (Phi) is 4.05. The number of halogens is 1. The zero-order valence-electron chi connectivity index (χ0n) is 11.3. The molecule has 0 aliphatic heterocycles. The van der Waals surface area contributed by atoms with Crippen molar-refractivity contribution in [2.75, 3.05) is 0 Å². The highest BCUT2D eigenvalue weighted by Crippen LogP contribution is 2.14. The number of hydrogen-bond acceptors (Lipinski definition) is 2. The number of H-pyrrole nitrogens is 1. The van der Waals surface area contributed by atoms with Crippen LogP contribution in [0.1, 0.15) is 42.4 Å². The third-order valence-electron chi connectivity index (χ3n) is 3.06. The van der Waals surface area contributed by atoms with Crippen LogP contribution in [0.15, 0.2) is 29.1 Å². The van der Waals surface area contributed by atoms with Crippen molar-refractivity contribution in [2.24, 2.45) is 0 Å². The maximum Gasteiger partial charge on any atom is 0.254 e. The second-order valence-electron chi connectivity index (χ2n) is 4.97. The van der Waals surface area contributed by atoms with Gasteiger partial charge in [-0.2, -0.15) is 0 Å². The molecular weight excluding hydrogens is 260 g/mol. The van der Waals surface area contributed by atoms with Crippen LogP contribution in [0.2, 0.25) is 5.02 Å². The van der Waals surface area contributed by atoms with Gasteiger partial charge in [-0.3, -0.25) is 4.79 Å². The predicted octanol–water partition coefficient (Wildman–Crippen LogP) is 3.45.